The van der Waals surface area contributed by atoms with Crippen LogP contribution in [0.1, 0.15) is 33.6 Å². The van der Waals surface area contributed by atoms with Crippen molar-refractivity contribution in [3.8, 4) is 28.3 Å². The van der Waals surface area contributed by atoms with Gasteiger partial charge in [0.15, 0.2) is 11.6 Å². The summed E-state index contributed by atoms with van der Waals surface area (Å²) in [5.74, 6) is -4.44. The Morgan fingerprint density at radius 3 is 2.39 bits per heavy atom. The molecule has 4 aromatic rings. The number of carbonyl (C=O) groups excluding carboxylic acids is 1. The van der Waals surface area contributed by atoms with Crippen molar-refractivity contribution >= 4 is 17.6 Å². The second kappa shape index (κ2) is 12.7. The highest BCUT2D eigenvalue weighted by molar-refractivity contribution is 5.92. The summed E-state index contributed by atoms with van der Waals surface area (Å²) >= 11 is 0. The van der Waals surface area contributed by atoms with Crippen LogP contribution in [0.3, 0.4) is 0 Å². The Balaban J connectivity index is 1.56. The zero-order valence-corrected chi connectivity index (χ0v) is 21.3. The Hall–Kier alpha value is -5.24. The average molecular weight is 563 g/mol. The third kappa shape index (κ3) is 7.05. The fraction of sp³-hybridized carbons (Fsp3) is 0.133. The van der Waals surface area contributed by atoms with Crippen molar-refractivity contribution in [1.82, 2.24) is 10.3 Å². The van der Waals surface area contributed by atoms with E-state index in [0.29, 0.717) is 33.5 Å². The minimum absolute atomic E-state index is 0.0140. The number of hydrogen-bond donors (Lipinski definition) is 3. The molecule has 0 atom stereocenters. The van der Waals surface area contributed by atoms with E-state index in [1.807, 2.05) is 6.07 Å². The number of carboxylic acid groups (broad SMARTS) is 1. The zero-order valence-electron chi connectivity index (χ0n) is 21.3. The van der Waals surface area contributed by atoms with E-state index in [-0.39, 0.29) is 36.3 Å². The van der Waals surface area contributed by atoms with Crippen LogP contribution in [-0.2, 0) is 18.0 Å². The van der Waals surface area contributed by atoms with Crippen molar-refractivity contribution in [2.45, 2.75) is 19.6 Å². The van der Waals surface area contributed by atoms with Crippen molar-refractivity contribution in [2.24, 2.45) is 0 Å². The van der Waals surface area contributed by atoms with E-state index in [1.54, 1.807) is 12.1 Å². The minimum atomic E-state index is -1.09. The van der Waals surface area contributed by atoms with E-state index in [0.717, 1.165) is 18.2 Å². The first kappa shape index (κ1) is 28.8. The number of pyridine rings is 1. The molecule has 0 spiro atoms. The van der Waals surface area contributed by atoms with E-state index < -0.39 is 36.0 Å². The number of aromatic nitrogens is 1. The standard InChI is InChI=1S/C30H22F4N4O3/c31-13-17-7-19(9-22(32)8-17)24-3-2-23(10-20(24)14-35)37-16-21-11-26(33)27(34)12-25(21)18-1-4-28(38-15-18)30(41)36-6-5-29(39)40/h1-4,7-12,15,37H,5-6,13,16H2,(H,36,41)(H,39,40). The van der Waals surface area contributed by atoms with Gasteiger partial charge in [0.2, 0.25) is 0 Å². The maximum atomic E-state index is 14.2. The van der Waals surface area contributed by atoms with E-state index >= 15 is 0 Å². The maximum Gasteiger partial charge on any atom is 0.305 e. The third-order valence-corrected chi connectivity index (χ3v) is 6.12. The van der Waals surface area contributed by atoms with Crippen LogP contribution in [0.2, 0.25) is 0 Å². The lowest BCUT2D eigenvalue weighted by molar-refractivity contribution is -0.136. The first-order chi connectivity index (χ1) is 19.7. The molecule has 11 heteroatoms. The van der Waals surface area contributed by atoms with Gasteiger partial charge in [-0.3, -0.25) is 14.6 Å². The topological polar surface area (TPSA) is 115 Å². The fourth-order valence-electron chi connectivity index (χ4n) is 4.14. The summed E-state index contributed by atoms with van der Waals surface area (Å²) in [5, 5.41) is 23.9. The summed E-state index contributed by atoms with van der Waals surface area (Å²) in [6.45, 7) is -0.923. The maximum absolute atomic E-state index is 14.2. The normalized spacial score (nSPS) is 10.6. The number of anilines is 1. The molecular weight excluding hydrogens is 540 g/mol. The van der Waals surface area contributed by atoms with Crippen LogP contribution in [0.5, 0.6) is 0 Å². The molecule has 0 aliphatic rings. The predicted octanol–water partition coefficient (Wildman–Crippen LogP) is 5.99. The molecule has 41 heavy (non-hydrogen) atoms. The molecule has 3 aromatic carbocycles. The number of carboxylic acids is 1. The lowest BCUT2D eigenvalue weighted by Gasteiger charge is -2.14. The predicted molar refractivity (Wildman–Crippen MR) is 143 cm³/mol. The number of rotatable bonds is 10. The molecule has 0 aliphatic heterocycles. The first-order valence-corrected chi connectivity index (χ1v) is 12.3. The van der Waals surface area contributed by atoms with Gasteiger partial charge in [-0.15, -0.1) is 0 Å². The second-order valence-electron chi connectivity index (χ2n) is 8.96. The lowest BCUT2D eigenvalue weighted by Crippen LogP contribution is -2.26. The van der Waals surface area contributed by atoms with Gasteiger partial charge in [-0.2, -0.15) is 5.26 Å². The summed E-state index contributed by atoms with van der Waals surface area (Å²) in [5.41, 5.74) is 2.61. The number of carbonyl (C=O) groups is 2. The SMILES string of the molecule is N#Cc1cc(NCc2cc(F)c(F)cc2-c2ccc(C(=O)NCCC(=O)O)nc2)ccc1-c1cc(F)cc(CF)c1. The molecule has 0 saturated carbocycles. The minimum Gasteiger partial charge on any atom is -0.481 e. The van der Waals surface area contributed by atoms with E-state index in [4.69, 9.17) is 5.11 Å². The molecule has 0 unspecified atom stereocenters. The molecule has 208 valence electrons. The summed E-state index contributed by atoms with van der Waals surface area (Å²) in [4.78, 5) is 26.8. The van der Waals surface area contributed by atoms with Crippen LogP contribution in [0.25, 0.3) is 22.3 Å². The van der Waals surface area contributed by atoms with Gasteiger partial charge in [0.05, 0.1) is 18.1 Å². The highest BCUT2D eigenvalue weighted by atomic mass is 19.2. The number of nitrogens with zero attached hydrogens (tertiary/aromatic N) is 2. The van der Waals surface area contributed by atoms with E-state index in [9.17, 15) is 32.4 Å². The number of alkyl halides is 1. The lowest BCUT2D eigenvalue weighted by atomic mass is 9.97. The van der Waals surface area contributed by atoms with Crippen LogP contribution in [-0.4, -0.2) is 28.5 Å². The monoisotopic (exact) mass is 562 g/mol. The molecule has 0 radical (unpaired) electrons. The van der Waals surface area contributed by atoms with E-state index in [2.05, 4.69) is 15.6 Å². The van der Waals surface area contributed by atoms with Gasteiger partial charge in [-0.1, -0.05) is 12.1 Å². The summed E-state index contributed by atoms with van der Waals surface area (Å²) in [6, 6.07) is 15.4. The van der Waals surface area contributed by atoms with Crippen LogP contribution in [0.4, 0.5) is 23.2 Å². The first-order valence-electron chi connectivity index (χ1n) is 12.3. The third-order valence-electron chi connectivity index (χ3n) is 6.12. The van der Waals surface area contributed by atoms with Gasteiger partial charge in [0, 0.05) is 30.5 Å². The summed E-state index contributed by atoms with van der Waals surface area (Å²) < 4.78 is 55.4. The molecule has 0 bridgehead atoms. The molecule has 0 fully saturated rings. The van der Waals surface area contributed by atoms with Crippen molar-refractivity contribution in [3.63, 3.8) is 0 Å². The molecule has 0 saturated heterocycles. The Bertz CT molecular complexity index is 1650. The van der Waals surface area contributed by atoms with Crippen molar-refractivity contribution in [3.05, 3.63) is 107 Å². The van der Waals surface area contributed by atoms with Crippen molar-refractivity contribution in [1.29, 1.82) is 5.26 Å². The molecule has 1 amide bonds. The van der Waals surface area contributed by atoms with Crippen LogP contribution >= 0.6 is 0 Å². The molecular formula is C30H22F4N4O3. The molecule has 3 N–H and O–H groups in total. The Labute approximate surface area is 232 Å². The Kier molecular flexibility index (Phi) is 8.94. The molecule has 4 rings (SSSR count). The van der Waals surface area contributed by atoms with Gasteiger partial charge in [0.1, 0.15) is 18.2 Å². The highest BCUT2D eigenvalue weighted by Gasteiger charge is 2.15. The molecule has 0 aliphatic carbocycles. The number of amides is 1. The fourth-order valence-corrected chi connectivity index (χ4v) is 4.14. The number of hydrogen-bond acceptors (Lipinski definition) is 5. The van der Waals surface area contributed by atoms with Gasteiger partial charge in [-0.05, 0) is 76.3 Å². The molecule has 1 aromatic heterocycles. The van der Waals surface area contributed by atoms with Gasteiger partial charge in [0.25, 0.3) is 5.91 Å². The summed E-state index contributed by atoms with van der Waals surface area (Å²) in [6.07, 6.45) is 1.06. The van der Waals surface area contributed by atoms with Gasteiger partial charge in [-0.25, -0.2) is 17.6 Å². The van der Waals surface area contributed by atoms with Gasteiger partial charge >= 0.3 is 5.97 Å². The number of halogens is 4. The quantitative estimate of drug-likeness (QED) is 0.205. The smallest absolute Gasteiger partial charge is 0.305 e. The zero-order chi connectivity index (χ0) is 29.5. The van der Waals surface area contributed by atoms with Crippen LogP contribution < -0.4 is 10.6 Å². The Morgan fingerprint density at radius 2 is 1.71 bits per heavy atom. The number of nitrogens with one attached hydrogen (secondary N) is 2. The van der Waals surface area contributed by atoms with Crippen molar-refractivity contribution < 1.29 is 32.3 Å². The van der Waals surface area contributed by atoms with Crippen LogP contribution in [0.15, 0.2) is 66.9 Å². The van der Waals surface area contributed by atoms with Crippen LogP contribution in [0, 0.1) is 28.8 Å². The second-order valence-corrected chi connectivity index (χ2v) is 8.96. The largest absolute Gasteiger partial charge is 0.481 e. The van der Waals surface area contributed by atoms with Crippen molar-refractivity contribution in [2.75, 3.05) is 11.9 Å². The summed E-state index contributed by atoms with van der Waals surface area (Å²) in [7, 11) is 0. The average Bonchev–Trinajstić information content (AvgIpc) is 2.96. The molecule has 7 nitrogen and oxygen atoms in total. The number of benzene rings is 3. The van der Waals surface area contributed by atoms with E-state index in [1.165, 1.54) is 36.5 Å². The molecule has 1 heterocycles. The number of aliphatic carboxylic acids is 1. The van der Waals surface area contributed by atoms with Gasteiger partial charge < -0.3 is 15.7 Å². The highest BCUT2D eigenvalue weighted by Crippen LogP contribution is 2.30. The number of nitriles is 1. The Morgan fingerprint density at radius 1 is 0.927 bits per heavy atom.